The van der Waals surface area contributed by atoms with Gasteiger partial charge in [-0.15, -0.1) is 0 Å². The fourth-order valence-corrected chi connectivity index (χ4v) is 1.39. The van der Waals surface area contributed by atoms with E-state index in [1.807, 2.05) is 13.8 Å². The first kappa shape index (κ1) is 13.4. The molecule has 0 aliphatic heterocycles. The fraction of sp³-hybridized carbons (Fsp3) is 0.900. The molecule has 0 radical (unpaired) electrons. The second-order valence-electron chi connectivity index (χ2n) is 3.47. The van der Waals surface area contributed by atoms with Crippen molar-refractivity contribution in [1.29, 1.82) is 0 Å². The van der Waals surface area contributed by atoms with Gasteiger partial charge in [0.05, 0.1) is 5.60 Å². The number of hydrogen-bond donors (Lipinski definition) is 2. The lowest BCUT2D eigenvalue weighted by molar-refractivity contribution is -0.145. The van der Waals surface area contributed by atoms with Crippen LogP contribution in [0.5, 0.6) is 0 Å². The molecule has 0 bridgehead atoms. The monoisotopic (exact) mass is 202 g/mol. The highest BCUT2D eigenvalue weighted by molar-refractivity contribution is 5.80. The summed E-state index contributed by atoms with van der Waals surface area (Å²) in [6.07, 6.45) is 1.20. The van der Waals surface area contributed by atoms with Crippen molar-refractivity contribution < 1.29 is 9.53 Å². The highest BCUT2D eigenvalue weighted by Gasteiger charge is 2.29. The lowest BCUT2D eigenvalue weighted by Gasteiger charge is -2.32. The van der Waals surface area contributed by atoms with Crippen molar-refractivity contribution >= 4 is 5.91 Å². The molecule has 0 aliphatic carbocycles. The third-order valence-electron chi connectivity index (χ3n) is 2.70. The zero-order valence-corrected chi connectivity index (χ0v) is 9.59. The number of nitrogens with one attached hydrogen (secondary N) is 1. The van der Waals surface area contributed by atoms with Crippen LogP contribution in [0, 0.1) is 0 Å². The van der Waals surface area contributed by atoms with Crippen molar-refractivity contribution in [3.05, 3.63) is 0 Å². The molecule has 84 valence electrons. The summed E-state index contributed by atoms with van der Waals surface area (Å²) < 4.78 is 5.70. The summed E-state index contributed by atoms with van der Waals surface area (Å²) in [6, 6.07) is 0. The molecule has 0 saturated heterocycles. The van der Waals surface area contributed by atoms with Gasteiger partial charge >= 0.3 is 0 Å². The highest BCUT2D eigenvalue weighted by Crippen LogP contribution is 2.20. The van der Waals surface area contributed by atoms with Gasteiger partial charge in [0.15, 0.2) is 0 Å². The average molecular weight is 202 g/mol. The Morgan fingerprint density at radius 3 is 2.29 bits per heavy atom. The summed E-state index contributed by atoms with van der Waals surface area (Å²) in [6.45, 7) is 6.23. The van der Waals surface area contributed by atoms with Gasteiger partial charge in [-0.05, 0) is 19.8 Å². The molecule has 0 heterocycles. The van der Waals surface area contributed by atoms with Crippen LogP contribution in [-0.2, 0) is 9.53 Å². The van der Waals surface area contributed by atoms with E-state index in [1.165, 1.54) is 0 Å². The van der Waals surface area contributed by atoms with Crippen molar-refractivity contribution in [2.75, 3.05) is 13.6 Å². The Bertz CT molecular complexity index is 171. The topological polar surface area (TPSA) is 64.3 Å². The van der Waals surface area contributed by atoms with Crippen LogP contribution in [0.1, 0.15) is 33.6 Å². The lowest BCUT2D eigenvalue weighted by Crippen LogP contribution is -2.46. The Balaban J connectivity index is 4.36. The van der Waals surface area contributed by atoms with Crippen molar-refractivity contribution in [2.45, 2.75) is 45.3 Å². The van der Waals surface area contributed by atoms with E-state index < -0.39 is 6.10 Å². The molecule has 4 nitrogen and oxygen atoms in total. The Labute approximate surface area is 86.2 Å². The second kappa shape index (κ2) is 5.98. The minimum absolute atomic E-state index is 0.107. The number of ether oxygens (including phenoxy) is 1. The molecule has 0 fully saturated rings. The van der Waals surface area contributed by atoms with Crippen LogP contribution in [-0.4, -0.2) is 31.2 Å². The summed E-state index contributed by atoms with van der Waals surface area (Å²) in [5, 5.41) is 2.55. The van der Waals surface area contributed by atoms with Gasteiger partial charge in [0, 0.05) is 13.6 Å². The highest BCUT2D eigenvalue weighted by atomic mass is 16.5. The summed E-state index contributed by atoms with van der Waals surface area (Å²) in [5.41, 5.74) is 5.31. The molecule has 4 heteroatoms. The Kier molecular flexibility index (Phi) is 5.72. The van der Waals surface area contributed by atoms with Gasteiger partial charge in [0.25, 0.3) is 0 Å². The van der Waals surface area contributed by atoms with Crippen molar-refractivity contribution in [2.24, 2.45) is 5.73 Å². The summed E-state index contributed by atoms with van der Waals surface area (Å²) in [5.74, 6) is -0.107. The third kappa shape index (κ3) is 3.27. The van der Waals surface area contributed by atoms with Gasteiger partial charge in [-0.2, -0.15) is 0 Å². The summed E-state index contributed by atoms with van der Waals surface area (Å²) >= 11 is 0. The standard InChI is InChI=1S/C10H22N2O2/c1-5-10(6-2,7-11)14-8(3)9(13)12-4/h8H,5-7,11H2,1-4H3,(H,12,13). The molecule has 14 heavy (non-hydrogen) atoms. The molecule has 0 aromatic rings. The first-order chi connectivity index (χ1) is 6.55. The summed E-state index contributed by atoms with van der Waals surface area (Å²) in [7, 11) is 1.60. The summed E-state index contributed by atoms with van der Waals surface area (Å²) in [4.78, 5) is 11.3. The molecular formula is C10H22N2O2. The van der Waals surface area contributed by atoms with E-state index in [1.54, 1.807) is 14.0 Å². The molecule has 1 atom stereocenters. The van der Waals surface area contributed by atoms with Gasteiger partial charge in [0.2, 0.25) is 5.91 Å². The maximum absolute atomic E-state index is 11.3. The van der Waals surface area contributed by atoms with Crippen LogP contribution < -0.4 is 11.1 Å². The number of hydrogen-bond acceptors (Lipinski definition) is 3. The quantitative estimate of drug-likeness (QED) is 0.665. The fourth-order valence-electron chi connectivity index (χ4n) is 1.39. The first-order valence-electron chi connectivity index (χ1n) is 5.14. The molecule has 0 aromatic carbocycles. The number of carbonyl (C=O) groups excluding carboxylic acids is 1. The van der Waals surface area contributed by atoms with Crippen molar-refractivity contribution in [3.63, 3.8) is 0 Å². The lowest BCUT2D eigenvalue weighted by atomic mass is 9.97. The Morgan fingerprint density at radius 1 is 1.50 bits per heavy atom. The predicted octanol–water partition coefficient (Wildman–Crippen LogP) is 0.655. The van der Waals surface area contributed by atoms with Crippen LogP contribution in [0.25, 0.3) is 0 Å². The SMILES string of the molecule is CCC(CC)(CN)OC(C)C(=O)NC. The van der Waals surface area contributed by atoms with Crippen LogP contribution in [0.2, 0.25) is 0 Å². The van der Waals surface area contributed by atoms with E-state index in [4.69, 9.17) is 10.5 Å². The van der Waals surface area contributed by atoms with Crippen LogP contribution >= 0.6 is 0 Å². The van der Waals surface area contributed by atoms with E-state index >= 15 is 0 Å². The van der Waals surface area contributed by atoms with E-state index in [9.17, 15) is 4.79 Å². The Morgan fingerprint density at radius 2 is 2.00 bits per heavy atom. The largest absolute Gasteiger partial charge is 0.361 e. The first-order valence-corrected chi connectivity index (χ1v) is 5.14. The number of nitrogens with two attached hydrogens (primary N) is 1. The molecule has 0 rings (SSSR count). The maximum atomic E-state index is 11.3. The van der Waals surface area contributed by atoms with E-state index in [0.29, 0.717) is 6.54 Å². The Hall–Kier alpha value is -0.610. The number of carbonyl (C=O) groups is 1. The molecular weight excluding hydrogens is 180 g/mol. The number of likely N-dealkylation sites (N-methyl/N-ethyl adjacent to an activating group) is 1. The van der Waals surface area contributed by atoms with Gasteiger partial charge in [-0.1, -0.05) is 13.8 Å². The van der Waals surface area contributed by atoms with E-state index in [-0.39, 0.29) is 11.5 Å². The van der Waals surface area contributed by atoms with Crippen molar-refractivity contribution in [3.8, 4) is 0 Å². The molecule has 0 aromatic heterocycles. The smallest absolute Gasteiger partial charge is 0.248 e. The molecule has 1 unspecified atom stereocenters. The average Bonchev–Trinajstić information content (AvgIpc) is 2.24. The maximum Gasteiger partial charge on any atom is 0.248 e. The van der Waals surface area contributed by atoms with Crippen LogP contribution in [0.15, 0.2) is 0 Å². The van der Waals surface area contributed by atoms with Gasteiger partial charge < -0.3 is 15.8 Å². The zero-order chi connectivity index (χ0) is 11.2. The number of rotatable bonds is 6. The van der Waals surface area contributed by atoms with E-state index in [0.717, 1.165) is 12.8 Å². The van der Waals surface area contributed by atoms with Gasteiger partial charge in [0.1, 0.15) is 6.10 Å². The molecule has 0 aliphatic rings. The normalized spacial score (nSPS) is 13.8. The minimum Gasteiger partial charge on any atom is -0.361 e. The molecule has 0 saturated carbocycles. The molecule has 3 N–H and O–H groups in total. The third-order valence-corrected chi connectivity index (χ3v) is 2.70. The molecule has 0 spiro atoms. The second-order valence-corrected chi connectivity index (χ2v) is 3.47. The predicted molar refractivity (Wildman–Crippen MR) is 57.0 cm³/mol. The van der Waals surface area contributed by atoms with Crippen LogP contribution in [0.4, 0.5) is 0 Å². The van der Waals surface area contributed by atoms with Crippen molar-refractivity contribution in [1.82, 2.24) is 5.32 Å². The van der Waals surface area contributed by atoms with Gasteiger partial charge in [-0.3, -0.25) is 4.79 Å². The molecule has 1 amide bonds. The van der Waals surface area contributed by atoms with E-state index in [2.05, 4.69) is 5.32 Å². The number of amides is 1. The zero-order valence-electron chi connectivity index (χ0n) is 9.59. The van der Waals surface area contributed by atoms with Gasteiger partial charge in [-0.25, -0.2) is 0 Å². The minimum atomic E-state index is -0.441. The van der Waals surface area contributed by atoms with Crippen LogP contribution in [0.3, 0.4) is 0 Å².